The zero-order chi connectivity index (χ0) is 23.2. The van der Waals surface area contributed by atoms with Gasteiger partial charge in [0.25, 0.3) is 0 Å². The number of hydrogen-bond acceptors (Lipinski definition) is 9. The summed E-state index contributed by atoms with van der Waals surface area (Å²) in [6.45, 7) is 4.81. The number of fused-ring (bicyclic) bond motifs is 2. The summed E-state index contributed by atoms with van der Waals surface area (Å²) in [5.41, 5.74) is -0.132. The molecule has 0 spiro atoms. The molecule has 12 heteroatoms. The van der Waals surface area contributed by atoms with Crippen LogP contribution in [-0.2, 0) is 0 Å². The largest absolute Gasteiger partial charge is 0.460 e. The van der Waals surface area contributed by atoms with Crippen LogP contribution in [-0.4, -0.2) is 78.7 Å². The van der Waals surface area contributed by atoms with Gasteiger partial charge in [0.2, 0.25) is 5.13 Å². The molecule has 33 heavy (non-hydrogen) atoms. The lowest BCUT2D eigenvalue weighted by atomic mass is 10.0. The Labute approximate surface area is 195 Å². The zero-order valence-corrected chi connectivity index (χ0v) is 19.7. The number of likely N-dealkylation sites (tertiary alicyclic amines) is 1. The topological polar surface area (TPSA) is 132 Å². The fourth-order valence-electron chi connectivity index (χ4n) is 4.79. The molecular formula is C21H28N8O3S. The first-order valence-corrected chi connectivity index (χ1v) is 11.8. The first-order valence-electron chi connectivity index (χ1n) is 11.0. The summed E-state index contributed by atoms with van der Waals surface area (Å²) in [6, 6.07) is 2.39. The average molecular weight is 473 g/mol. The summed E-state index contributed by atoms with van der Waals surface area (Å²) in [7, 11) is 2.10. The van der Waals surface area contributed by atoms with Gasteiger partial charge in [0.05, 0.1) is 11.0 Å². The molecule has 0 aromatic carbocycles. The fraction of sp³-hybridized carbons (Fsp3) is 0.571. The summed E-state index contributed by atoms with van der Waals surface area (Å²) in [6.07, 6.45) is 5.53. The molecule has 0 bridgehead atoms. The number of aliphatic hydroxyl groups is 1. The quantitative estimate of drug-likeness (QED) is 0.498. The van der Waals surface area contributed by atoms with Gasteiger partial charge >= 0.3 is 12.0 Å². The van der Waals surface area contributed by atoms with Crippen LogP contribution < -0.4 is 15.0 Å². The van der Waals surface area contributed by atoms with Crippen molar-refractivity contribution in [2.75, 3.05) is 37.0 Å². The molecule has 11 nitrogen and oxygen atoms in total. The van der Waals surface area contributed by atoms with E-state index in [9.17, 15) is 9.90 Å². The van der Waals surface area contributed by atoms with Crippen LogP contribution in [0.3, 0.4) is 0 Å². The Hall–Kier alpha value is -2.99. The number of amides is 2. The van der Waals surface area contributed by atoms with Crippen LogP contribution in [0.2, 0.25) is 0 Å². The van der Waals surface area contributed by atoms with Crippen molar-refractivity contribution in [2.45, 2.75) is 38.3 Å². The molecular weight excluding hydrogens is 444 g/mol. The number of anilines is 2. The number of carbonyl (C=O) groups excluding carboxylic acids is 1. The molecule has 2 amide bonds. The molecule has 0 radical (unpaired) electrons. The third kappa shape index (κ3) is 4.58. The molecule has 176 valence electrons. The van der Waals surface area contributed by atoms with Gasteiger partial charge in [0.1, 0.15) is 24.4 Å². The van der Waals surface area contributed by atoms with Crippen LogP contribution in [0.15, 0.2) is 18.6 Å². The lowest BCUT2D eigenvalue weighted by molar-refractivity contribution is 0.0255. The lowest BCUT2D eigenvalue weighted by Crippen LogP contribution is -2.36. The van der Waals surface area contributed by atoms with E-state index in [0.717, 1.165) is 54.3 Å². The molecule has 2 aliphatic rings. The average Bonchev–Trinajstić information content (AvgIpc) is 3.53. The molecule has 2 unspecified atom stereocenters. The van der Waals surface area contributed by atoms with E-state index in [1.54, 1.807) is 20.2 Å². The van der Waals surface area contributed by atoms with Gasteiger partial charge in [-0.3, -0.25) is 5.32 Å². The van der Waals surface area contributed by atoms with Crippen molar-refractivity contribution < 1.29 is 14.6 Å². The Balaban J connectivity index is 1.15. The predicted molar refractivity (Wildman–Crippen MR) is 125 cm³/mol. The number of aromatic nitrogens is 5. The van der Waals surface area contributed by atoms with Gasteiger partial charge in [-0.25, -0.2) is 14.8 Å². The molecule has 1 saturated carbocycles. The minimum absolute atomic E-state index is 0.0762. The van der Waals surface area contributed by atoms with Crippen LogP contribution in [0.5, 0.6) is 6.01 Å². The highest BCUT2D eigenvalue weighted by atomic mass is 32.1. The van der Waals surface area contributed by atoms with Crippen molar-refractivity contribution in [3.63, 3.8) is 0 Å². The predicted octanol–water partition coefficient (Wildman–Crippen LogP) is 2.34. The molecule has 2 atom stereocenters. The van der Waals surface area contributed by atoms with Gasteiger partial charge in [-0.15, -0.1) is 4.37 Å². The van der Waals surface area contributed by atoms with E-state index in [1.165, 1.54) is 0 Å². The maximum absolute atomic E-state index is 12.8. The lowest BCUT2D eigenvalue weighted by Gasteiger charge is -2.27. The standard InChI is InChI=1S/C21H28N8O3S/c1-21(2,31)10-32-18-25-19(33-27-18)26-20(30)29-8-12-6-14(7-13(12)9-29)28(3)17-15-4-5-22-16(15)23-11-24-17/h4-5,11-14,31H,6-10H2,1-3H3,(H,22,23,24)(H,25,26,27,30). The smallest absolute Gasteiger partial charge is 0.330 e. The Morgan fingerprint density at radius 2 is 2.12 bits per heavy atom. The van der Waals surface area contributed by atoms with E-state index >= 15 is 0 Å². The van der Waals surface area contributed by atoms with E-state index in [0.29, 0.717) is 23.0 Å². The van der Waals surface area contributed by atoms with Crippen molar-refractivity contribution >= 4 is 39.5 Å². The van der Waals surface area contributed by atoms with Gasteiger partial charge in [-0.2, -0.15) is 4.98 Å². The highest BCUT2D eigenvalue weighted by molar-refractivity contribution is 7.10. The van der Waals surface area contributed by atoms with Crippen molar-refractivity contribution in [1.82, 2.24) is 29.2 Å². The maximum atomic E-state index is 12.8. The van der Waals surface area contributed by atoms with Gasteiger partial charge in [-0.05, 0) is 44.6 Å². The van der Waals surface area contributed by atoms with E-state index < -0.39 is 5.60 Å². The minimum atomic E-state index is -0.977. The molecule has 5 rings (SSSR count). The molecule has 1 saturated heterocycles. The number of nitrogens with one attached hydrogen (secondary N) is 2. The van der Waals surface area contributed by atoms with Gasteiger partial charge in [0.15, 0.2) is 0 Å². The number of urea groups is 1. The van der Waals surface area contributed by atoms with Crippen LogP contribution >= 0.6 is 11.5 Å². The molecule has 3 N–H and O–H groups in total. The third-order valence-electron chi connectivity index (χ3n) is 6.40. The first kappa shape index (κ1) is 21.8. The number of aromatic amines is 1. The van der Waals surface area contributed by atoms with E-state index in [-0.39, 0.29) is 18.6 Å². The number of rotatable bonds is 6. The number of H-pyrrole nitrogens is 1. The summed E-state index contributed by atoms with van der Waals surface area (Å²) in [5, 5.41) is 14.0. The minimum Gasteiger partial charge on any atom is -0.460 e. The second-order valence-electron chi connectivity index (χ2n) is 9.51. The number of carbonyl (C=O) groups is 1. The third-order valence-corrected chi connectivity index (χ3v) is 7.02. The van der Waals surface area contributed by atoms with Gasteiger partial charge < -0.3 is 24.6 Å². The number of nitrogens with zero attached hydrogens (tertiary/aromatic N) is 6. The zero-order valence-electron chi connectivity index (χ0n) is 18.9. The molecule has 3 aromatic rings. The molecule has 4 heterocycles. The first-order chi connectivity index (χ1) is 15.8. The van der Waals surface area contributed by atoms with Crippen LogP contribution in [0.1, 0.15) is 26.7 Å². The van der Waals surface area contributed by atoms with Crippen LogP contribution in [0.25, 0.3) is 11.0 Å². The SMILES string of the molecule is CN(c1ncnc2[nH]ccc12)C1CC2CN(C(=O)Nc3nc(OCC(C)(C)O)ns3)CC2C1. The second kappa shape index (κ2) is 8.41. The number of hydrogen-bond donors (Lipinski definition) is 3. The Morgan fingerprint density at radius 3 is 2.85 bits per heavy atom. The summed E-state index contributed by atoms with van der Waals surface area (Å²) in [4.78, 5) is 33.0. The Bertz CT molecular complexity index is 1130. The van der Waals surface area contributed by atoms with Crippen molar-refractivity contribution in [2.24, 2.45) is 11.8 Å². The maximum Gasteiger partial charge on any atom is 0.330 e. The van der Waals surface area contributed by atoms with E-state index in [4.69, 9.17) is 4.74 Å². The molecule has 1 aliphatic carbocycles. The summed E-state index contributed by atoms with van der Waals surface area (Å²) in [5.74, 6) is 1.87. The van der Waals surface area contributed by atoms with Gasteiger partial charge in [0, 0.05) is 43.9 Å². The van der Waals surface area contributed by atoms with Crippen LogP contribution in [0, 0.1) is 11.8 Å². The fourth-order valence-corrected chi connectivity index (χ4v) is 5.30. The van der Waals surface area contributed by atoms with Crippen molar-refractivity contribution in [3.8, 4) is 6.01 Å². The van der Waals surface area contributed by atoms with E-state index in [2.05, 4.69) is 41.6 Å². The summed E-state index contributed by atoms with van der Waals surface area (Å²) >= 11 is 1.06. The summed E-state index contributed by atoms with van der Waals surface area (Å²) < 4.78 is 9.45. The molecule has 1 aliphatic heterocycles. The van der Waals surface area contributed by atoms with Gasteiger partial charge in [-0.1, -0.05) is 0 Å². The normalized spacial score (nSPS) is 22.5. The van der Waals surface area contributed by atoms with Crippen molar-refractivity contribution in [1.29, 1.82) is 0 Å². The number of ether oxygens (including phenoxy) is 1. The second-order valence-corrected chi connectivity index (χ2v) is 10.3. The van der Waals surface area contributed by atoms with Crippen molar-refractivity contribution in [3.05, 3.63) is 18.6 Å². The Morgan fingerprint density at radius 1 is 1.36 bits per heavy atom. The highest BCUT2D eigenvalue weighted by Gasteiger charge is 2.44. The van der Waals surface area contributed by atoms with E-state index in [1.807, 2.05) is 17.2 Å². The highest BCUT2D eigenvalue weighted by Crippen LogP contribution is 2.41. The van der Waals surface area contributed by atoms with Crippen LogP contribution in [0.4, 0.5) is 15.7 Å². The molecule has 2 fully saturated rings. The molecule has 3 aromatic heterocycles. The Kier molecular flexibility index (Phi) is 5.57. The monoisotopic (exact) mass is 472 g/mol.